The van der Waals surface area contributed by atoms with Crippen LogP contribution in [-0.4, -0.2) is 44.3 Å². The van der Waals surface area contributed by atoms with E-state index in [1.807, 2.05) is 6.92 Å². The quantitative estimate of drug-likeness (QED) is 0.330. The molecule has 0 fully saturated rings. The molecular formula is C28H31Cl2N3O4S. The third-order valence-corrected chi connectivity index (χ3v) is 8.45. The van der Waals surface area contributed by atoms with E-state index >= 15 is 0 Å². The molecular weight excluding hydrogens is 545 g/mol. The van der Waals surface area contributed by atoms with Gasteiger partial charge in [0.25, 0.3) is 10.0 Å². The van der Waals surface area contributed by atoms with Gasteiger partial charge in [0, 0.05) is 23.1 Å². The van der Waals surface area contributed by atoms with E-state index in [9.17, 15) is 18.0 Å². The molecule has 10 heteroatoms. The Hall–Kier alpha value is -3.07. The molecule has 38 heavy (non-hydrogen) atoms. The molecule has 202 valence electrons. The Morgan fingerprint density at radius 3 is 2.13 bits per heavy atom. The molecule has 3 aromatic rings. The molecule has 0 heterocycles. The van der Waals surface area contributed by atoms with E-state index in [2.05, 4.69) is 5.32 Å². The zero-order chi connectivity index (χ0) is 27.9. The average Bonchev–Trinajstić information content (AvgIpc) is 2.89. The van der Waals surface area contributed by atoms with E-state index in [4.69, 9.17) is 23.2 Å². The average molecular weight is 577 g/mol. The summed E-state index contributed by atoms with van der Waals surface area (Å²) in [6.45, 7) is 5.39. The van der Waals surface area contributed by atoms with Crippen LogP contribution < -0.4 is 9.62 Å². The van der Waals surface area contributed by atoms with Gasteiger partial charge < -0.3 is 10.2 Å². The van der Waals surface area contributed by atoms with E-state index in [0.29, 0.717) is 34.3 Å². The first-order valence-electron chi connectivity index (χ1n) is 12.2. The zero-order valence-corrected chi connectivity index (χ0v) is 23.9. The van der Waals surface area contributed by atoms with Gasteiger partial charge in [-0.05, 0) is 68.3 Å². The van der Waals surface area contributed by atoms with Gasteiger partial charge in [0.1, 0.15) is 12.6 Å². The second-order valence-corrected chi connectivity index (χ2v) is 11.4. The molecule has 0 spiro atoms. The predicted molar refractivity (Wildman–Crippen MR) is 152 cm³/mol. The van der Waals surface area contributed by atoms with E-state index in [0.717, 1.165) is 9.87 Å². The highest BCUT2D eigenvalue weighted by Gasteiger charge is 2.33. The van der Waals surface area contributed by atoms with Crippen LogP contribution in [0.5, 0.6) is 0 Å². The lowest BCUT2D eigenvalue weighted by Gasteiger charge is -2.33. The van der Waals surface area contributed by atoms with Crippen molar-refractivity contribution in [2.24, 2.45) is 0 Å². The highest BCUT2D eigenvalue weighted by molar-refractivity contribution is 7.92. The number of anilines is 1. The molecule has 1 atom stereocenters. The molecule has 1 N–H and O–H groups in total. The molecule has 0 saturated carbocycles. The van der Waals surface area contributed by atoms with Gasteiger partial charge in [0.15, 0.2) is 0 Å². The SMILES string of the molecule is CCNC(=O)[C@@H](CC)N(Cc1ccccc1Cl)C(=O)CN(c1ccc(C)cc1)S(=O)(=O)c1ccc(Cl)cc1. The third kappa shape index (κ3) is 7.07. The Labute approximate surface area is 234 Å². The molecule has 0 aliphatic carbocycles. The highest BCUT2D eigenvalue weighted by Crippen LogP contribution is 2.27. The van der Waals surface area contributed by atoms with Crippen LogP contribution in [0, 0.1) is 6.92 Å². The lowest BCUT2D eigenvalue weighted by Crippen LogP contribution is -2.52. The summed E-state index contributed by atoms with van der Waals surface area (Å²) in [7, 11) is -4.16. The van der Waals surface area contributed by atoms with Gasteiger partial charge in [-0.1, -0.05) is 66.0 Å². The van der Waals surface area contributed by atoms with Gasteiger partial charge in [-0.15, -0.1) is 0 Å². The number of nitrogens with one attached hydrogen (secondary N) is 1. The third-order valence-electron chi connectivity index (χ3n) is 6.04. The Morgan fingerprint density at radius 1 is 0.921 bits per heavy atom. The van der Waals surface area contributed by atoms with Gasteiger partial charge in [0.2, 0.25) is 11.8 Å². The molecule has 0 aliphatic rings. The van der Waals surface area contributed by atoms with Gasteiger partial charge in [-0.25, -0.2) is 8.42 Å². The molecule has 2 amide bonds. The van der Waals surface area contributed by atoms with Crippen molar-refractivity contribution in [3.05, 3.63) is 94.0 Å². The molecule has 0 bridgehead atoms. The molecule has 0 aromatic heterocycles. The van der Waals surface area contributed by atoms with Crippen LogP contribution >= 0.6 is 23.2 Å². The number of sulfonamides is 1. The summed E-state index contributed by atoms with van der Waals surface area (Å²) < 4.78 is 28.6. The predicted octanol–water partition coefficient (Wildman–Crippen LogP) is 5.44. The van der Waals surface area contributed by atoms with E-state index < -0.39 is 28.5 Å². The standard InChI is InChI=1S/C28H31Cl2N3O4S/c1-4-26(28(35)31-5-2)32(18-21-8-6-7-9-25(21)30)27(34)19-33(23-14-10-20(3)11-15-23)38(36,37)24-16-12-22(29)13-17-24/h6-17,26H,4-5,18-19H2,1-3H3,(H,31,35)/t26-/m1/s1. The summed E-state index contributed by atoms with van der Waals surface area (Å²) in [5.41, 5.74) is 1.90. The van der Waals surface area contributed by atoms with Crippen molar-refractivity contribution in [1.29, 1.82) is 0 Å². The van der Waals surface area contributed by atoms with Crippen molar-refractivity contribution in [3.8, 4) is 0 Å². The van der Waals surface area contributed by atoms with Crippen LogP contribution in [0.3, 0.4) is 0 Å². The van der Waals surface area contributed by atoms with E-state index in [1.165, 1.54) is 29.2 Å². The van der Waals surface area contributed by atoms with Crippen LogP contribution in [0.15, 0.2) is 77.7 Å². The molecule has 0 radical (unpaired) electrons. The number of rotatable bonds is 11. The number of halogens is 2. The fourth-order valence-electron chi connectivity index (χ4n) is 4.00. The summed E-state index contributed by atoms with van der Waals surface area (Å²) >= 11 is 12.4. The normalized spacial score (nSPS) is 12.0. The number of amides is 2. The Kier molecular flexibility index (Phi) is 10.2. The molecule has 3 aromatic carbocycles. The summed E-state index contributed by atoms with van der Waals surface area (Å²) in [4.78, 5) is 28.3. The fraction of sp³-hybridized carbons (Fsp3) is 0.286. The first kappa shape index (κ1) is 29.5. The first-order valence-corrected chi connectivity index (χ1v) is 14.4. The number of benzene rings is 3. The van der Waals surface area contributed by atoms with Crippen molar-refractivity contribution >= 4 is 50.7 Å². The van der Waals surface area contributed by atoms with Crippen molar-refractivity contribution in [2.45, 2.75) is 44.7 Å². The second-order valence-electron chi connectivity index (χ2n) is 8.73. The maximum atomic E-state index is 13.9. The Bertz CT molecular complexity index is 1360. The smallest absolute Gasteiger partial charge is 0.264 e. The second kappa shape index (κ2) is 13.1. The molecule has 0 aliphatic heterocycles. The lowest BCUT2D eigenvalue weighted by molar-refractivity contribution is -0.140. The van der Waals surface area contributed by atoms with Crippen molar-refractivity contribution in [2.75, 3.05) is 17.4 Å². The number of likely N-dealkylation sites (N-methyl/N-ethyl adjacent to an activating group) is 1. The van der Waals surface area contributed by atoms with Crippen LogP contribution in [-0.2, 0) is 26.2 Å². The van der Waals surface area contributed by atoms with Crippen LogP contribution in [0.1, 0.15) is 31.4 Å². The topological polar surface area (TPSA) is 86.8 Å². The van der Waals surface area contributed by atoms with E-state index in [1.54, 1.807) is 62.4 Å². The van der Waals surface area contributed by atoms with Gasteiger partial charge >= 0.3 is 0 Å². The molecule has 3 rings (SSSR count). The number of hydrogen-bond acceptors (Lipinski definition) is 4. The molecule has 0 saturated heterocycles. The minimum Gasteiger partial charge on any atom is -0.355 e. The maximum Gasteiger partial charge on any atom is 0.264 e. The molecule has 0 unspecified atom stereocenters. The Balaban J connectivity index is 2.06. The number of aryl methyl sites for hydroxylation is 1. The maximum absolute atomic E-state index is 13.9. The Morgan fingerprint density at radius 2 is 1.55 bits per heavy atom. The minimum atomic E-state index is -4.16. The first-order chi connectivity index (χ1) is 18.1. The minimum absolute atomic E-state index is 0.0105. The summed E-state index contributed by atoms with van der Waals surface area (Å²) in [5.74, 6) is -0.862. The number of carbonyl (C=O) groups is 2. The fourth-order valence-corrected chi connectivity index (χ4v) is 5.73. The van der Waals surface area contributed by atoms with Crippen LogP contribution in [0.2, 0.25) is 10.0 Å². The van der Waals surface area contributed by atoms with E-state index in [-0.39, 0.29) is 17.3 Å². The number of carbonyl (C=O) groups excluding carboxylic acids is 2. The number of nitrogens with zero attached hydrogens (tertiary/aromatic N) is 2. The summed E-state index contributed by atoms with van der Waals surface area (Å²) in [6.07, 6.45) is 0.330. The van der Waals surface area contributed by atoms with Crippen molar-refractivity contribution in [1.82, 2.24) is 10.2 Å². The van der Waals surface area contributed by atoms with Gasteiger partial charge in [0.05, 0.1) is 10.6 Å². The van der Waals surface area contributed by atoms with Crippen molar-refractivity contribution < 1.29 is 18.0 Å². The zero-order valence-electron chi connectivity index (χ0n) is 21.5. The highest BCUT2D eigenvalue weighted by atomic mass is 35.5. The summed E-state index contributed by atoms with van der Waals surface area (Å²) in [5, 5.41) is 3.61. The van der Waals surface area contributed by atoms with Gasteiger partial charge in [-0.3, -0.25) is 13.9 Å². The number of hydrogen-bond donors (Lipinski definition) is 1. The van der Waals surface area contributed by atoms with Gasteiger partial charge in [-0.2, -0.15) is 0 Å². The molecule has 7 nitrogen and oxygen atoms in total. The van der Waals surface area contributed by atoms with Crippen LogP contribution in [0.25, 0.3) is 0 Å². The lowest BCUT2D eigenvalue weighted by atomic mass is 10.1. The summed E-state index contributed by atoms with van der Waals surface area (Å²) in [6, 6.07) is 18.8. The largest absolute Gasteiger partial charge is 0.355 e. The van der Waals surface area contributed by atoms with Crippen LogP contribution in [0.4, 0.5) is 5.69 Å². The van der Waals surface area contributed by atoms with Crippen molar-refractivity contribution in [3.63, 3.8) is 0 Å². The monoisotopic (exact) mass is 575 g/mol.